The van der Waals surface area contributed by atoms with Crippen LogP contribution in [0.5, 0.6) is 0 Å². The molecule has 1 rings (SSSR count). The fraction of sp³-hybridized carbons (Fsp3) is 0.824. The second-order valence-corrected chi connectivity index (χ2v) is 6.81. The Morgan fingerprint density at radius 2 is 2.14 bits per heavy atom. The molecule has 1 aliphatic rings. The summed E-state index contributed by atoms with van der Waals surface area (Å²) in [6.45, 7) is 12.5. The van der Waals surface area contributed by atoms with Crippen molar-refractivity contribution in [1.82, 2.24) is 10.2 Å². The molecular formula is C17H32N2O2. The van der Waals surface area contributed by atoms with E-state index in [9.17, 15) is 4.79 Å². The zero-order chi connectivity index (χ0) is 15.9. The van der Waals surface area contributed by atoms with Gasteiger partial charge < -0.3 is 15.0 Å². The maximum Gasteiger partial charge on any atom is 0.410 e. The van der Waals surface area contributed by atoms with Gasteiger partial charge in [-0.3, -0.25) is 0 Å². The van der Waals surface area contributed by atoms with Crippen LogP contribution in [0.4, 0.5) is 4.79 Å². The van der Waals surface area contributed by atoms with E-state index in [0.29, 0.717) is 12.6 Å². The quantitative estimate of drug-likeness (QED) is 0.760. The highest BCUT2D eigenvalue weighted by Crippen LogP contribution is 2.15. The van der Waals surface area contributed by atoms with Gasteiger partial charge in [0, 0.05) is 25.7 Å². The molecule has 0 saturated carbocycles. The molecule has 4 nitrogen and oxygen atoms in total. The summed E-state index contributed by atoms with van der Waals surface area (Å²) < 4.78 is 5.40. The average molecular weight is 296 g/mol. The number of ether oxygens (including phenoxy) is 1. The summed E-state index contributed by atoms with van der Waals surface area (Å²) >= 11 is 0. The predicted octanol–water partition coefficient (Wildman–Crippen LogP) is 3.72. The maximum absolute atomic E-state index is 12.0. The number of hydrogen-bond donors (Lipinski definition) is 1. The van der Waals surface area contributed by atoms with Gasteiger partial charge in [0.15, 0.2) is 0 Å². The van der Waals surface area contributed by atoms with E-state index in [1.165, 1.54) is 24.8 Å². The number of rotatable bonds is 6. The molecule has 0 spiro atoms. The topological polar surface area (TPSA) is 41.6 Å². The molecule has 0 aromatic rings. The van der Waals surface area contributed by atoms with Crippen LogP contribution in [0.1, 0.15) is 60.3 Å². The standard InChI is InChI=1S/C17H32N2O2/c1-6-8-15(7-2)18-13-14-9-11-19(12-10-14)16(20)21-17(3,4)5/h9,15,18H,6-8,10-13H2,1-5H3. The van der Waals surface area contributed by atoms with Crippen molar-refractivity contribution >= 4 is 6.09 Å². The van der Waals surface area contributed by atoms with Crippen molar-refractivity contribution in [2.45, 2.75) is 71.9 Å². The minimum atomic E-state index is -0.420. The third kappa shape index (κ3) is 6.98. The number of nitrogens with zero attached hydrogens (tertiary/aromatic N) is 1. The highest BCUT2D eigenvalue weighted by atomic mass is 16.6. The van der Waals surface area contributed by atoms with Crippen molar-refractivity contribution in [3.63, 3.8) is 0 Å². The third-order valence-electron chi connectivity index (χ3n) is 3.70. The van der Waals surface area contributed by atoms with Gasteiger partial charge in [0.1, 0.15) is 5.60 Å². The molecule has 4 heteroatoms. The van der Waals surface area contributed by atoms with E-state index in [2.05, 4.69) is 25.2 Å². The Kier molecular flexibility index (Phi) is 7.23. The van der Waals surface area contributed by atoms with Crippen LogP contribution in [-0.4, -0.2) is 42.3 Å². The molecule has 1 aliphatic heterocycles. The minimum Gasteiger partial charge on any atom is -0.444 e. The lowest BCUT2D eigenvalue weighted by atomic mass is 10.1. The first kappa shape index (κ1) is 18.0. The van der Waals surface area contributed by atoms with E-state index < -0.39 is 5.60 Å². The lowest BCUT2D eigenvalue weighted by Gasteiger charge is -2.30. The smallest absolute Gasteiger partial charge is 0.410 e. The highest BCUT2D eigenvalue weighted by molar-refractivity contribution is 5.68. The van der Waals surface area contributed by atoms with E-state index in [0.717, 1.165) is 19.5 Å². The molecule has 0 aromatic carbocycles. The van der Waals surface area contributed by atoms with E-state index in [1.54, 1.807) is 4.90 Å². The number of hydrogen-bond acceptors (Lipinski definition) is 3. The Hall–Kier alpha value is -1.03. The fourth-order valence-electron chi connectivity index (χ4n) is 2.44. The molecule has 21 heavy (non-hydrogen) atoms. The number of carbonyl (C=O) groups excluding carboxylic acids is 1. The second kappa shape index (κ2) is 8.42. The molecule has 1 unspecified atom stereocenters. The van der Waals surface area contributed by atoms with E-state index >= 15 is 0 Å². The van der Waals surface area contributed by atoms with Gasteiger partial charge in [-0.1, -0.05) is 31.9 Å². The molecule has 0 saturated heterocycles. The molecule has 122 valence electrons. The molecule has 1 N–H and O–H groups in total. The predicted molar refractivity (Wildman–Crippen MR) is 87.5 cm³/mol. The minimum absolute atomic E-state index is 0.205. The molecule has 0 radical (unpaired) electrons. The van der Waals surface area contributed by atoms with Crippen LogP contribution in [0.15, 0.2) is 11.6 Å². The summed E-state index contributed by atoms with van der Waals surface area (Å²) in [4.78, 5) is 13.8. The van der Waals surface area contributed by atoms with Gasteiger partial charge in [-0.05, 0) is 40.0 Å². The Morgan fingerprint density at radius 3 is 2.62 bits per heavy atom. The summed E-state index contributed by atoms with van der Waals surface area (Å²) in [5, 5.41) is 3.62. The third-order valence-corrected chi connectivity index (χ3v) is 3.70. The Balaban J connectivity index is 2.38. The van der Waals surface area contributed by atoms with Crippen LogP contribution in [0.2, 0.25) is 0 Å². The number of nitrogens with one attached hydrogen (secondary N) is 1. The lowest BCUT2D eigenvalue weighted by Crippen LogP contribution is -2.40. The van der Waals surface area contributed by atoms with Gasteiger partial charge in [0.25, 0.3) is 0 Å². The van der Waals surface area contributed by atoms with Crippen molar-refractivity contribution in [1.29, 1.82) is 0 Å². The molecular weight excluding hydrogens is 264 g/mol. The van der Waals surface area contributed by atoms with Crippen molar-refractivity contribution in [2.24, 2.45) is 0 Å². The van der Waals surface area contributed by atoms with Crippen molar-refractivity contribution in [3.05, 3.63) is 11.6 Å². The van der Waals surface area contributed by atoms with Gasteiger partial charge in [0.05, 0.1) is 0 Å². The summed E-state index contributed by atoms with van der Waals surface area (Å²) in [6, 6.07) is 0.611. The molecule has 0 aliphatic carbocycles. The molecule has 0 aromatic heterocycles. The first-order chi connectivity index (χ1) is 9.85. The van der Waals surface area contributed by atoms with Crippen molar-refractivity contribution < 1.29 is 9.53 Å². The zero-order valence-electron chi connectivity index (χ0n) is 14.4. The van der Waals surface area contributed by atoms with Crippen molar-refractivity contribution in [3.8, 4) is 0 Å². The second-order valence-electron chi connectivity index (χ2n) is 6.81. The normalized spacial score (nSPS) is 17.4. The molecule has 1 amide bonds. The Bertz CT molecular complexity index is 358. The van der Waals surface area contributed by atoms with E-state index in [-0.39, 0.29) is 6.09 Å². The first-order valence-electron chi connectivity index (χ1n) is 8.25. The highest BCUT2D eigenvalue weighted by Gasteiger charge is 2.23. The number of carbonyl (C=O) groups is 1. The molecule has 1 atom stereocenters. The van der Waals surface area contributed by atoms with Gasteiger partial charge in [0.2, 0.25) is 0 Å². The van der Waals surface area contributed by atoms with Crippen LogP contribution in [0.25, 0.3) is 0 Å². The van der Waals surface area contributed by atoms with Crippen molar-refractivity contribution in [2.75, 3.05) is 19.6 Å². The summed E-state index contributed by atoms with van der Waals surface area (Å²) in [5.41, 5.74) is 0.987. The van der Waals surface area contributed by atoms with Crippen LogP contribution in [-0.2, 0) is 4.74 Å². The molecule has 0 fully saturated rings. The monoisotopic (exact) mass is 296 g/mol. The van der Waals surface area contributed by atoms with Crippen LogP contribution < -0.4 is 5.32 Å². The largest absolute Gasteiger partial charge is 0.444 e. The average Bonchev–Trinajstić information content (AvgIpc) is 2.42. The van der Waals surface area contributed by atoms with Gasteiger partial charge in [-0.25, -0.2) is 4.79 Å². The molecule has 1 heterocycles. The van der Waals surface area contributed by atoms with Gasteiger partial charge >= 0.3 is 6.09 Å². The lowest BCUT2D eigenvalue weighted by molar-refractivity contribution is 0.0265. The van der Waals surface area contributed by atoms with E-state index in [1.807, 2.05) is 20.8 Å². The zero-order valence-corrected chi connectivity index (χ0v) is 14.4. The Morgan fingerprint density at radius 1 is 1.43 bits per heavy atom. The number of amides is 1. The summed E-state index contributed by atoms with van der Waals surface area (Å²) in [6.07, 6.45) is 6.52. The van der Waals surface area contributed by atoms with E-state index in [4.69, 9.17) is 4.74 Å². The summed E-state index contributed by atoms with van der Waals surface area (Å²) in [5.74, 6) is 0. The fourth-order valence-corrected chi connectivity index (χ4v) is 2.44. The van der Waals surface area contributed by atoms with Gasteiger partial charge in [-0.15, -0.1) is 0 Å². The van der Waals surface area contributed by atoms with Crippen LogP contribution in [0.3, 0.4) is 0 Å². The van der Waals surface area contributed by atoms with Crippen LogP contribution >= 0.6 is 0 Å². The summed E-state index contributed by atoms with van der Waals surface area (Å²) in [7, 11) is 0. The first-order valence-corrected chi connectivity index (χ1v) is 8.25. The van der Waals surface area contributed by atoms with Crippen LogP contribution in [0, 0.1) is 0 Å². The maximum atomic E-state index is 12.0. The van der Waals surface area contributed by atoms with Gasteiger partial charge in [-0.2, -0.15) is 0 Å². The SMILES string of the molecule is CCCC(CC)NCC1=CCN(C(=O)OC(C)(C)C)CC1. The molecule has 0 bridgehead atoms. The Labute approximate surface area is 129 Å².